The molecule has 2 heteroatoms. The third kappa shape index (κ3) is 1.78. The van der Waals surface area contributed by atoms with Crippen molar-refractivity contribution in [3.8, 4) is 0 Å². The minimum absolute atomic E-state index is 0.835. The van der Waals surface area contributed by atoms with E-state index in [4.69, 9.17) is 11.6 Å². The number of hydrogen-bond acceptors (Lipinski definition) is 0. The third-order valence-electron chi connectivity index (χ3n) is 2.47. The molecule has 0 aliphatic rings. The van der Waals surface area contributed by atoms with Gasteiger partial charge in [0, 0.05) is 21.6 Å². The van der Waals surface area contributed by atoms with E-state index >= 15 is 0 Å². The van der Waals surface area contributed by atoms with Crippen LogP contribution in [-0.4, -0.2) is 4.98 Å². The van der Waals surface area contributed by atoms with Gasteiger partial charge in [-0.3, -0.25) is 0 Å². The number of benzene rings is 1. The van der Waals surface area contributed by atoms with E-state index in [2.05, 4.69) is 24.0 Å². The van der Waals surface area contributed by atoms with Crippen molar-refractivity contribution in [1.29, 1.82) is 0 Å². The van der Waals surface area contributed by atoms with Crippen molar-refractivity contribution in [2.24, 2.45) is 0 Å². The summed E-state index contributed by atoms with van der Waals surface area (Å²) in [4.78, 5) is 3.39. The topological polar surface area (TPSA) is 15.8 Å². The first-order chi connectivity index (χ1) is 6.81. The average Bonchev–Trinajstić information content (AvgIpc) is 2.59. The summed E-state index contributed by atoms with van der Waals surface area (Å²) >= 11 is 6.08. The van der Waals surface area contributed by atoms with Crippen molar-refractivity contribution < 1.29 is 0 Å². The van der Waals surface area contributed by atoms with Gasteiger partial charge in [0.1, 0.15) is 0 Å². The summed E-state index contributed by atoms with van der Waals surface area (Å²) in [6.45, 7) is 2.20. The maximum absolute atomic E-state index is 6.08. The number of hydrogen-bond donors (Lipinski definition) is 1. The third-order valence-corrected chi connectivity index (χ3v) is 2.80. The van der Waals surface area contributed by atoms with Crippen LogP contribution in [-0.2, 0) is 6.42 Å². The number of fused-ring (bicyclic) bond motifs is 1. The number of unbranched alkanes of at least 4 members (excludes halogenated alkanes) is 1. The number of nitrogens with one attached hydrogen (secondary N) is 1. The maximum atomic E-state index is 6.08. The van der Waals surface area contributed by atoms with E-state index < -0.39 is 0 Å². The summed E-state index contributed by atoms with van der Waals surface area (Å²) in [5, 5.41) is 1.97. The molecule has 0 fully saturated rings. The fourth-order valence-electron chi connectivity index (χ4n) is 1.68. The smallest absolute Gasteiger partial charge is 0.0499 e. The van der Waals surface area contributed by atoms with E-state index in [1.807, 2.05) is 12.1 Å². The molecule has 0 spiro atoms. The monoisotopic (exact) mass is 207 g/mol. The van der Waals surface area contributed by atoms with Crippen molar-refractivity contribution in [3.05, 3.63) is 35.0 Å². The van der Waals surface area contributed by atoms with Gasteiger partial charge in [-0.25, -0.2) is 0 Å². The van der Waals surface area contributed by atoms with Crippen LogP contribution in [0.4, 0.5) is 0 Å². The van der Waals surface area contributed by atoms with E-state index in [9.17, 15) is 0 Å². The van der Waals surface area contributed by atoms with Gasteiger partial charge in [0.25, 0.3) is 0 Å². The second-order valence-corrected chi connectivity index (χ2v) is 4.01. The molecule has 2 rings (SSSR count). The molecule has 0 radical (unpaired) electrons. The minimum Gasteiger partial charge on any atom is -0.358 e. The van der Waals surface area contributed by atoms with E-state index in [1.165, 1.54) is 18.5 Å². The largest absolute Gasteiger partial charge is 0.358 e. The zero-order valence-electron chi connectivity index (χ0n) is 8.31. The maximum Gasteiger partial charge on any atom is 0.0499 e. The van der Waals surface area contributed by atoms with E-state index in [1.54, 1.807) is 0 Å². The van der Waals surface area contributed by atoms with Gasteiger partial charge >= 0.3 is 0 Å². The summed E-state index contributed by atoms with van der Waals surface area (Å²) in [6, 6.07) is 8.14. The second kappa shape index (κ2) is 4.05. The summed E-state index contributed by atoms with van der Waals surface area (Å²) in [7, 11) is 0. The van der Waals surface area contributed by atoms with Gasteiger partial charge in [-0.2, -0.15) is 0 Å². The van der Waals surface area contributed by atoms with E-state index in [-0.39, 0.29) is 0 Å². The second-order valence-electron chi connectivity index (χ2n) is 3.60. The van der Waals surface area contributed by atoms with Gasteiger partial charge in [0.15, 0.2) is 0 Å². The molecule has 1 aromatic carbocycles. The molecule has 1 N–H and O–H groups in total. The van der Waals surface area contributed by atoms with Crippen molar-refractivity contribution in [3.63, 3.8) is 0 Å². The van der Waals surface area contributed by atoms with Gasteiger partial charge in [0.2, 0.25) is 0 Å². The average molecular weight is 208 g/mol. The molecule has 0 aliphatic heterocycles. The summed E-state index contributed by atoms with van der Waals surface area (Å²) in [5.74, 6) is 0. The fourth-order valence-corrected chi connectivity index (χ4v) is 1.91. The Kier molecular flexibility index (Phi) is 2.78. The molecule has 1 heterocycles. The lowest BCUT2D eigenvalue weighted by Crippen LogP contribution is -1.82. The van der Waals surface area contributed by atoms with Crippen LogP contribution in [0.25, 0.3) is 10.9 Å². The van der Waals surface area contributed by atoms with Gasteiger partial charge in [-0.15, -0.1) is 0 Å². The van der Waals surface area contributed by atoms with Crippen LogP contribution in [0.15, 0.2) is 24.3 Å². The Morgan fingerprint density at radius 3 is 2.93 bits per heavy atom. The molecular weight excluding hydrogens is 194 g/mol. The Morgan fingerprint density at radius 1 is 1.36 bits per heavy atom. The Balaban J connectivity index is 2.36. The summed E-state index contributed by atoms with van der Waals surface area (Å²) < 4.78 is 0. The first kappa shape index (κ1) is 9.60. The number of aryl methyl sites for hydroxylation is 1. The highest BCUT2D eigenvalue weighted by molar-refractivity contribution is 6.35. The Morgan fingerprint density at radius 2 is 2.21 bits per heavy atom. The van der Waals surface area contributed by atoms with Crippen LogP contribution < -0.4 is 0 Å². The fraction of sp³-hybridized carbons (Fsp3) is 0.333. The molecule has 0 saturated carbocycles. The molecular formula is C12H14ClN. The molecule has 74 valence electrons. The Bertz CT molecular complexity index is 431. The molecule has 14 heavy (non-hydrogen) atoms. The number of aromatic nitrogens is 1. The molecule has 0 bridgehead atoms. The van der Waals surface area contributed by atoms with Crippen LogP contribution in [0.5, 0.6) is 0 Å². The highest BCUT2D eigenvalue weighted by Crippen LogP contribution is 2.24. The first-order valence-corrected chi connectivity index (χ1v) is 5.45. The predicted octanol–water partition coefficient (Wildman–Crippen LogP) is 4.16. The SMILES string of the molecule is CCCCc1cc2c(Cl)cccc2[nH]1. The Labute approximate surface area is 89.1 Å². The summed E-state index contributed by atoms with van der Waals surface area (Å²) in [6.07, 6.45) is 3.56. The Hall–Kier alpha value is -0.950. The highest BCUT2D eigenvalue weighted by atomic mass is 35.5. The van der Waals surface area contributed by atoms with E-state index in [0.29, 0.717) is 0 Å². The molecule has 0 aliphatic carbocycles. The van der Waals surface area contributed by atoms with Gasteiger partial charge in [-0.1, -0.05) is 31.0 Å². The van der Waals surface area contributed by atoms with Gasteiger partial charge in [0.05, 0.1) is 0 Å². The number of aromatic amines is 1. The first-order valence-electron chi connectivity index (χ1n) is 5.07. The number of H-pyrrole nitrogens is 1. The number of rotatable bonds is 3. The molecule has 1 nitrogen and oxygen atoms in total. The van der Waals surface area contributed by atoms with Crippen molar-refractivity contribution in [2.75, 3.05) is 0 Å². The zero-order chi connectivity index (χ0) is 9.97. The molecule has 0 atom stereocenters. The molecule has 0 amide bonds. The highest BCUT2D eigenvalue weighted by Gasteiger charge is 2.02. The van der Waals surface area contributed by atoms with Crippen LogP contribution in [0.1, 0.15) is 25.5 Å². The minimum atomic E-state index is 0.835. The quantitative estimate of drug-likeness (QED) is 0.778. The predicted molar refractivity (Wildman–Crippen MR) is 61.9 cm³/mol. The molecule has 2 aromatic rings. The van der Waals surface area contributed by atoms with Gasteiger partial charge < -0.3 is 4.98 Å². The normalized spacial score (nSPS) is 11.0. The van der Waals surface area contributed by atoms with E-state index in [0.717, 1.165) is 22.3 Å². The van der Waals surface area contributed by atoms with Crippen molar-refractivity contribution in [2.45, 2.75) is 26.2 Å². The van der Waals surface area contributed by atoms with Gasteiger partial charge in [-0.05, 0) is 31.0 Å². The number of halogens is 1. The molecule has 1 aromatic heterocycles. The lowest BCUT2D eigenvalue weighted by Gasteiger charge is -1.92. The lowest BCUT2D eigenvalue weighted by atomic mass is 10.2. The molecule has 0 saturated heterocycles. The lowest BCUT2D eigenvalue weighted by molar-refractivity contribution is 0.782. The zero-order valence-corrected chi connectivity index (χ0v) is 9.06. The van der Waals surface area contributed by atoms with Crippen LogP contribution in [0, 0.1) is 0 Å². The van der Waals surface area contributed by atoms with Crippen molar-refractivity contribution >= 4 is 22.5 Å². The van der Waals surface area contributed by atoms with Crippen LogP contribution >= 0.6 is 11.6 Å². The van der Waals surface area contributed by atoms with Crippen LogP contribution in [0.2, 0.25) is 5.02 Å². The standard InChI is InChI=1S/C12H14ClN/c1-2-3-5-9-8-10-11(13)6-4-7-12(10)14-9/h4,6-8,14H,2-3,5H2,1H3. The van der Waals surface area contributed by atoms with Crippen LogP contribution in [0.3, 0.4) is 0 Å². The van der Waals surface area contributed by atoms with Crippen molar-refractivity contribution in [1.82, 2.24) is 4.98 Å². The molecule has 0 unspecified atom stereocenters. The summed E-state index contributed by atoms with van der Waals surface area (Å²) in [5.41, 5.74) is 2.43.